The maximum Gasteiger partial charge on any atom is 0.416 e. The Bertz CT molecular complexity index is 1190. The third-order valence-corrected chi connectivity index (χ3v) is 8.15. The summed E-state index contributed by atoms with van der Waals surface area (Å²) in [6.07, 6.45) is 1.57. The standard InChI is InChI=1S/C30H35F3N2O4/c1-29(23-8-3-2-4-9-23)34-27(22-7-5-10-24(19-22)30(31,32)33)28(39)35(29)18-17-20-13-15-21(16-14-20)25(36)11-6-12-26(37)38/h5,7,10,13-16,19,23,27,34H,2-4,6,8-9,11-12,17-18H2,1H3,(H,37,38). The minimum atomic E-state index is -4.49. The number of amides is 1. The molecule has 1 amide bonds. The van der Waals surface area contributed by atoms with Crippen LogP contribution in [0, 0.1) is 5.92 Å². The molecular formula is C30H35F3N2O4. The second-order valence-electron chi connectivity index (χ2n) is 10.8. The SMILES string of the molecule is CC1(C2CCCCC2)NC(c2cccc(C(F)(F)F)c2)C(=O)N1CCc1ccc(C(=O)CCCC(=O)O)cc1. The Kier molecular flexibility index (Phi) is 8.79. The number of Topliss-reactive ketones (excluding diaryl/α,β-unsaturated/α-hetero) is 1. The van der Waals surface area contributed by atoms with Gasteiger partial charge in [0.05, 0.1) is 11.2 Å². The first-order chi connectivity index (χ1) is 18.5. The van der Waals surface area contributed by atoms with Crippen LogP contribution in [0.4, 0.5) is 13.2 Å². The number of nitrogens with zero attached hydrogens (tertiary/aromatic N) is 1. The largest absolute Gasteiger partial charge is 0.481 e. The highest BCUT2D eigenvalue weighted by atomic mass is 19.4. The molecule has 1 saturated carbocycles. The molecule has 0 bridgehead atoms. The number of carbonyl (C=O) groups is 3. The summed E-state index contributed by atoms with van der Waals surface area (Å²) in [6, 6.07) is 11.2. The number of benzene rings is 2. The minimum Gasteiger partial charge on any atom is -0.481 e. The molecule has 2 fully saturated rings. The number of carboxylic acid groups (broad SMARTS) is 1. The monoisotopic (exact) mass is 544 g/mol. The number of halogens is 3. The first-order valence-electron chi connectivity index (χ1n) is 13.6. The molecule has 4 rings (SSSR count). The maximum atomic E-state index is 13.7. The number of alkyl halides is 3. The molecule has 2 N–H and O–H groups in total. The van der Waals surface area contributed by atoms with Gasteiger partial charge in [-0.15, -0.1) is 0 Å². The lowest BCUT2D eigenvalue weighted by Crippen LogP contribution is -2.56. The number of carbonyl (C=O) groups excluding carboxylic acids is 2. The zero-order valence-electron chi connectivity index (χ0n) is 22.1. The summed E-state index contributed by atoms with van der Waals surface area (Å²) >= 11 is 0. The van der Waals surface area contributed by atoms with E-state index in [9.17, 15) is 27.6 Å². The van der Waals surface area contributed by atoms with Crippen LogP contribution >= 0.6 is 0 Å². The van der Waals surface area contributed by atoms with E-state index in [0.717, 1.165) is 49.8 Å². The molecule has 2 aromatic rings. The van der Waals surface area contributed by atoms with Gasteiger partial charge in [0.25, 0.3) is 0 Å². The number of rotatable bonds is 10. The maximum absolute atomic E-state index is 13.7. The fourth-order valence-corrected chi connectivity index (χ4v) is 5.93. The Morgan fingerprint density at radius 2 is 1.74 bits per heavy atom. The zero-order chi connectivity index (χ0) is 28.2. The van der Waals surface area contributed by atoms with Gasteiger partial charge in [-0.2, -0.15) is 13.2 Å². The molecule has 2 aliphatic rings. The van der Waals surface area contributed by atoms with Gasteiger partial charge >= 0.3 is 12.1 Å². The fourth-order valence-electron chi connectivity index (χ4n) is 5.93. The Morgan fingerprint density at radius 1 is 1.05 bits per heavy atom. The van der Waals surface area contributed by atoms with Gasteiger partial charge in [-0.05, 0) is 61.8 Å². The van der Waals surface area contributed by atoms with Gasteiger partial charge < -0.3 is 10.0 Å². The fraction of sp³-hybridized carbons (Fsp3) is 0.500. The summed E-state index contributed by atoms with van der Waals surface area (Å²) in [5.41, 5.74) is 0.296. The molecule has 0 aromatic heterocycles. The van der Waals surface area contributed by atoms with E-state index >= 15 is 0 Å². The summed E-state index contributed by atoms with van der Waals surface area (Å²) in [4.78, 5) is 38.6. The van der Waals surface area contributed by atoms with Crippen molar-refractivity contribution >= 4 is 17.7 Å². The van der Waals surface area contributed by atoms with Crippen LogP contribution in [0.1, 0.15) is 91.4 Å². The van der Waals surface area contributed by atoms with E-state index in [0.29, 0.717) is 24.1 Å². The first-order valence-corrected chi connectivity index (χ1v) is 13.6. The second kappa shape index (κ2) is 11.9. The van der Waals surface area contributed by atoms with Crippen molar-refractivity contribution in [1.82, 2.24) is 10.2 Å². The first kappa shape index (κ1) is 28.8. The highest BCUT2D eigenvalue weighted by Gasteiger charge is 2.51. The van der Waals surface area contributed by atoms with Gasteiger partial charge in [0.15, 0.2) is 5.78 Å². The molecule has 0 radical (unpaired) electrons. The quantitative estimate of drug-likeness (QED) is 0.350. The van der Waals surface area contributed by atoms with E-state index in [1.807, 2.05) is 19.1 Å². The van der Waals surface area contributed by atoms with Crippen molar-refractivity contribution in [1.29, 1.82) is 0 Å². The summed E-state index contributed by atoms with van der Waals surface area (Å²) in [6.45, 7) is 2.38. The normalized spacial score (nSPS) is 22.3. The van der Waals surface area contributed by atoms with Crippen molar-refractivity contribution in [2.45, 2.75) is 82.6 Å². The van der Waals surface area contributed by atoms with Crippen LogP contribution in [-0.4, -0.2) is 39.9 Å². The number of hydrogen-bond acceptors (Lipinski definition) is 4. The van der Waals surface area contributed by atoms with Crippen molar-refractivity contribution < 1.29 is 32.7 Å². The Labute approximate surface area is 226 Å². The molecule has 2 atom stereocenters. The second-order valence-corrected chi connectivity index (χ2v) is 10.8. The lowest BCUT2D eigenvalue weighted by molar-refractivity contribution is -0.138. The summed E-state index contributed by atoms with van der Waals surface area (Å²) in [5.74, 6) is -1.08. The van der Waals surface area contributed by atoms with Gasteiger partial charge in [0.2, 0.25) is 5.91 Å². The van der Waals surface area contributed by atoms with Crippen molar-refractivity contribution in [3.63, 3.8) is 0 Å². The lowest BCUT2D eigenvalue weighted by atomic mass is 9.80. The molecule has 1 heterocycles. The molecular weight excluding hydrogens is 509 g/mol. The molecule has 9 heteroatoms. The van der Waals surface area contributed by atoms with Crippen LogP contribution < -0.4 is 5.32 Å². The molecule has 1 saturated heterocycles. The van der Waals surface area contributed by atoms with E-state index in [4.69, 9.17) is 5.11 Å². The minimum absolute atomic E-state index is 0.0526. The van der Waals surface area contributed by atoms with Crippen LogP contribution in [0.15, 0.2) is 48.5 Å². The predicted octanol–water partition coefficient (Wildman–Crippen LogP) is 6.16. The summed E-state index contributed by atoms with van der Waals surface area (Å²) in [5, 5.41) is 12.2. The smallest absolute Gasteiger partial charge is 0.416 e. The molecule has 1 aliphatic carbocycles. The molecule has 6 nitrogen and oxygen atoms in total. The Hall–Kier alpha value is -3.20. The number of nitrogens with one attached hydrogen (secondary N) is 1. The molecule has 39 heavy (non-hydrogen) atoms. The number of hydrogen-bond donors (Lipinski definition) is 2. The number of ketones is 1. The molecule has 1 aliphatic heterocycles. The Morgan fingerprint density at radius 3 is 2.38 bits per heavy atom. The van der Waals surface area contributed by atoms with E-state index in [-0.39, 0.29) is 36.9 Å². The highest BCUT2D eigenvalue weighted by molar-refractivity contribution is 5.96. The van der Waals surface area contributed by atoms with Crippen molar-refractivity contribution in [2.75, 3.05) is 6.54 Å². The van der Waals surface area contributed by atoms with Crippen molar-refractivity contribution in [2.24, 2.45) is 5.92 Å². The van der Waals surface area contributed by atoms with Gasteiger partial charge in [-0.3, -0.25) is 19.7 Å². The zero-order valence-corrected chi connectivity index (χ0v) is 22.1. The van der Waals surface area contributed by atoms with Crippen molar-refractivity contribution in [3.8, 4) is 0 Å². The Balaban J connectivity index is 1.50. The summed E-state index contributed by atoms with van der Waals surface area (Å²) < 4.78 is 40.2. The van der Waals surface area contributed by atoms with E-state index in [2.05, 4.69) is 5.32 Å². The van der Waals surface area contributed by atoms with Gasteiger partial charge in [-0.25, -0.2) is 0 Å². The number of aliphatic carboxylic acids is 1. The molecule has 2 unspecified atom stereocenters. The third kappa shape index (κ3) is 6.69. The van der Waals surface area contributed by atoms with Crippen molar-refractivity contribution in [3.05, 3.63) is 70.8 Å². The summed E-state index contributed by atoms with van der Waals surface area (Å²) in [7, 11) is 0. The average molecular weight is 545 g/mol. The van der Waals surface area contributed by atoms with E-state index in [1.54, 1.807) is 23.1 Å². The average Bonchev–Trinajstić information content (AvgIpc) is 3.18. The van der Waals surface area contributed by atoms with Crippen LogP contribution in [-0.2, 0) is 22.2 Å². The highest BCUT2D eigenvalue weighted by Crippen LogP contribution is 2.42. The van der Waals surface area contributed by atoms with Gasteiger partial charge in [0, 0.05) is 24.9 Å². The van der Waals surface area contributed by atoms with Crippen LogP contribution in [0.5, 0.6) is 0 Å². The van der Waals surface area contributed by atoms with E-state index in [1.165, 1.54) is 6.07 Å². The topological polar surface area (TPSA) is 86.7 Å². The molecule has 2 aromatic carbocycles. The van der Waals surface area contributed by atoms with Crippen LogP contribution in [0.25, 0.3) is 0 Å². The predicted molar refractivity (Wildman–Crippen MR) is 140 cm³/mol. The third-order valence-electron chi connectivity index (χ3n) is 8.15. The molecule has 0 spiro atoms. The lowest BCUT2D eigenvalue weighted by Gasteiger charge is -2.43. The van der Waals surface area contributed by atoms with Gasteiger partial charge in [0.1, 0.15) is 6.04 Å². The van der Waals surface area contributed by atoms with Gasteiger partial charge in [-0.1, -0.05) is 55.7 Å². The molecule has 210 valence electrons. The van der Waals surface area contributed by atoms with Crippen LogP contribution in [0.2, 0.25) is 0 Å². The number of carboxylic acids is 1. The van der Waals surface area contributed by atoms with E-state index < -0.39 is 29.4 Å². The van der Waals surface area contributed by atoms with Crippen LogP contribution in [0.3, 0.4) is 0 Å².